The molecule has 1 aliphatic heterocycles. The zero-order chi connectivity index (χ0) is 13.2. The Morgan fingerprint density at radius 3 is 1.25 bits per heavy atom. The van der Waals surface area contributed by atoms with Crippen LogP contribution >= 0.6 is 0 Å². The van der Waals surface area contributed by atoms with Crippen molar-refractivity contribution in [3.8, 4) is 0 Å². The first kappa shape index (κ1) is 17.2. The van der Waals surface area contributed by atoms with Crippen molar-refractivity contribution in [2.45, 2.75) is 12.8 Å². The fourth-order valence-electron chi connectivity index (χ4n) is 0.214. The summed E-state index contributed by atoms with van der Waals surface area (Å²) in [5.74, 6) is -2.15. The molecule has 1 fully saturated rings. The third-order valence-corrected chi connectivity index (χ3v) is 0.757. The summed E-state index contributed by atoms with van der Waals surface area (Å²) >= 11 is 0. The molecule has 1 saturated heterocycles. The van der Waals surface area contributed by atoms with Crippen LogP contribution in [0.3, 0.4) is 0 Å². The molecular formula is C6H12O9S. The van der Waals surface area contributed by atoms with Gasteiger partial charge in [0, 0.05) is 0 Å². The Hall–Kier alpha value is -1.23. The van der Waals surface area contributed by atoms with E-state index in [1.165, 1.54) is 0 Å². The van der Waals surface area contributed by atoms with E-state index in [0.29, 0.717) is 0 Å². The molecule has 0 radical (unpaired) electrons. The Balaban J connectivity index is 0. The molecule has 0 spiro atoms. The zero-order valence-electron chi connectivity index (χ0n) is 8.07. The monoisotopic (exact) mass is 260 g/mol. The maximum atomic E-state index is 9.64. The number of carboxylic acids is 2. The van der Waals surface area contributed by atoms with Crippen LogP contribution in [0.5, 0.6) is 0 Å². The van der Waals surface area contributed by atoms with Crippen LogP contribution in [-0.4, -0.2) is 52.9 Å². The minimum atomic E-state index is -4.67. The van der Waals surface area contributed by atoms with E-state index >= 15 is 0 Å². The van der Waals surface area contributed by atoms with Gasteiger partial charge in [-0.05, 0) is 0 Å². The van der Waals surface area contributed by atoms with Crippen LogP contribution in [0.2, 0.25) is 0 Å². The van der Waals surface area contributed by atoms with E-state index in [-0.39, 0.29) is 12.8 Å². The smallest absolute Gasteiger partial charge is 0.394 e. The molecule has 0 unspecified atom stereocenters. The van der Waals surface area contributed by atoms with Crippen LogP contribution in [0.15, 0.2) is 0 Å². The van der Waals surface area contributed by atoms with Crippen molar-refractivity contribution < 1.29 is 42.1 Å². The van der Waals surface area contributed by atoms with E-state index in [2.05, 4.69) is 4.74 Å². The van der Waals surface area contributed by atoms with Crippen molar-refractivity contribution in [3.63, 3.8) is 0 Å². The Labute approximate surface area is 91.2 Å². The van der Waals surface area contributed by atoms with E-state index in [1.807, 2.05) is 0 Å². The fourth-order valence-corrected chi connectivity index (χ4v) is 0.214. The van der Waals surface area contributed by atoms with Gasteiger partial charge in [0.05, 0.1) is 26.1 Å². The van der Waals surface area contributed by atoms with Crippen molar-refractivity contribution in [3.05, 3.63) is 0 Å². The summed E-state index contributed by atoms with van der Waals surface area (Å²) in [5, 5.41) is 15.8. The van der Waals surface area contributed by atoms with Crippen molar-refractivity contribution in [2.75, 3.05) is 13.2 Å². The minimum absolute atomic E-state index is 0.296. The summed E-state index contributed by atoms with van der Waals surface area (Å²) in [6, 6.07) is 0. The lowest BCUT2D eigenvalue weighted by molar-refractivity contribution is -0.143. The number of epoxide rings is 1. The second-order valence-corrected chi connectivity index (χ2v) is 3.24. The van der Waals surface area contributed by atoms with Gasteiger partial charge in [-0.3, -0.25) is 18.7 Å². The van der Waals surface area contributed by atoms with Crippen LogP contribution in [0.1, 0.15) is 12.8 Å². The van der Waals surface area contributed by atoms with Gasteiger partial charge in [0.25, 0.3) is 0 Å². The Morgan fingerprint density at radius 1 is 1.00 bits per heavy atom. The quantitative estimate of drug-likeness (QED) is 0.379. The zero-order valence-corrected chi connectivity index (χ0v) is 8.88. The van der Waals surface area contributed by atoms with Crippen LogP contribution in [0.4, 0.5) is 0 Å². The van der Waals surface area contributed by atoms with Crippen molar-refractivity contribution in [1.29, 1.82) is 0 Å². The van der Waals surface area contributed by atoms with Gasteiger partial charge in [-0.1, -0.05) is 0 Å². The highest BCUT2D eigenvalue weighted by Crippen LogP contribution is 1.86. The molecule has 1 heterocycles. The summed E-state index contributed by atoms with van der Waals surface area (Å²) < 4.78 is 36.1. The number of ether oxygens (including phenoxy) is 1. The lowest BCUT2D eigenvalue weighted by Crippen LogP contribution is -2.00. The van der Waals surface area contributed by atoms with Crippen LogP contribution in [0.25, 0.3) is 0 Å². The van der Waals surface area contributed by atoms with Crippen LogP contribution < -0.4 is 0 Å². The van der Waals surface area contributed by atoms with Crippen molar-refractivity contribution in [1.82, 2.24) is 0 Å². The Kier molecular flexibility index (Phi) is 9.69. The molecule has 9 nitrogen and oxygen atoms in total. The lowest BCUT2D eigenvalue weighted by atomic mass is 10.3. The second-order valence-electron chi connectivity index (χ2n) is 2.35. The third kappa shape index (κ3) is 77.8. The van der Waals surface area contributed by atoms with Crippen LogP contribution in [-0.2, 0) is 24.7 Å². The average molecular weight is 260 g/mol. The normalized spacial score (nSPS) is 12.4. The molecular weight excluding hydrogens is 248 g/mol. The molecule has 1 rings (SSSR count). The van der Waals surface area contributed by atoms with Gasteiger partial charge < -0.3 is 14.9 Å². The first-order valence-corrected chi connectivity index (χ1v) is 5.24. The number of rotatable bonds is 3. The van der Waals surface area contributed by atoms with Crippen molar-refractivity contribution >= 4 is 22.3 Å². The van der Waals surface area contributed by atoms with E-state index in [9.17, 15) is 9.59 Å². The van der Waals surface area contributed by atoms with Crippen LogP contribution in [0, 0.1) is 0 Å². The number of aliphatic carboxylic acids is 2. The first-order chi connectivity index (χ1) is 7.13. The maximum Gasteiger partial charge on any atom is 0.394 e. The molecule has 1 aliphatic rings. The van der Waals surface area contributed by atoms with E-state index < -0.39 is 22.3 Å². The molecule has 0 amide bonds. The van der Waals surface area contributed by atoms with Gasteiger partial charge in [0.2, 0.25) is 0 Å². The highest BCUT2D eigenvalue weighted by atomic mass is 32.3. The topological polar surface area (TPSA) is 162 Å². The molecule has 0 saturated carbocycles. The SMILES string of the molecule is C1CO1.O=C(O)CCC(=O)O.O=S(=O)(O)O. The van der Waals surface area contributed by atoms with Gasteiger partial charge >= 0.3 is 22.3 Å². The predicted octanol–water partition coefficient (Wildman–Crippen LogP) is -0.700. The molecule has 0 aliphatic carbocycles. The van der Waals surface area contributed by atoms with E-state index in [4.69, 9.17) is 27.7 Å². The standard InChI is InChI=1S/C4H6O4.C2H4O.H2O4S/c5-3(6)1-2-4(7)8;1-2-3-1;1-5(2,3)4/h1-2H2,(H,5,6)(H,7,8);1-2H2;(H2,1,2,3,4). The number of hydrogen-bond donors (Lipinski definition) is 4. The van der Waals surface area contributed by atoms with Gasteiger partial charge in [-0.25, -0.2) is 0 Å². The van der Waals surface area contributed by atoms with Gasteiger partial charge in [0.15, 0.2) is 0 Å². The Morgan fingerprint density at radius 2 is 1.19 bits per heavy atom. The fraction of sp³-hybridized carbons (Fsp3) is 0.667. The largest absolute Gasteiger partial charge is 0.481 e. The summed E-state index contributed by atoms with van der Waals surface area (Å²) in [4.78, 5) is 19.3. The predicted molar refractivity (Wildman–Crippen MR) is 49.5 cm³/mol. The summed E-state index contributed by atoms with van der Waals surface area (Å²) in [7, 11) is -4.67. The molecule has 0 atom stereocenters. The van der Waals surface area contributed by atoms with E-state index in [0.717, 1.165) is 13.2 Å². The molecule has 0 bridgehead atoms. The van der Waals surface area contributed by atoms with Gasteiger partial charge in [-0.15, -0.1) is 0 Å². The Bertz CT molecular complexity index is 279. The molecule has 4 N–H and O–H groups in total. The number of carboxylic acid groups (broad SMARTS) is 2. The average Bonchev–Trinajstić information content (AvgIpc) is 2.82. The second kappa shape index (κ2) is 9.03. The lowest BCUT2D eigenvalue weighted by Gasteiger charge is -1.85. The number of hydrogen-bond acceptors (Lipinski definition) is 5. The van der Waals surface area contributed by atoms with Gasteiger partial charge in [-0.2, -0.15) is 8.42 Å². The van der Waals surface area contributed by atoms with Crippen molar-refractivity contribution in [2.24, 2.45) is 0 Å². The van der Waals surface area contributed by atoms with Gasteiger partial charge in [0.1, 0.15) is 0 Å². The first-order valence-electron chi connectivity index (χ1n) is 3.84. The third-order valence-electron chi connectivity index (χ3n) is 0.757. The summed E-state index contributed by atoms with van der Waals surface area (Å²) in [6.45, 7) is 2.00. The maximum absolute atomic E-state index is 9.64. The minimum Gasteiger partial charge on any atom is -0.481 e. The highest BCUT2D eigenvalue weighted by Gasteiger charge is 2.00. The molecule has 0 aromatic carbocycles. The molecule has 96 valence electrons. The summed E-state index contributed by atoms with van der Waals surface area (Å²) in [6.07, 6.45) is -0.593. The summed E-state index contributed by atoms with van der Waals surface area (Å²) in [5.41, 5.74) is 0. The van der Waals surface area contributed by atoms with E-state index in [1.54, 1.807) is 0 Å². The molecule has 10 heteroatoms. The molecule has 0 aromatic heterocycles. The molecule has 16 heavy (non-hydrogen) atoms. The highest BCUT2D eigenvalue weighted by molar-refractivity contribution is 7.79. The number of carbonyl (C=O) groups is 2. The molecule has 0 aromatic rings.